The summed E-state index contributed by atoms with van der Waals surface area (Å²) in [5.41, 5.74) is 1.68. The van der Waals surface area contributed by atoms with Gasteiger partial charge in [-0.15, -0.1) is 5.10 Å². The van der Waals surface area contributed by atoms with E-state index in [1.54, 1.807) is 10.9 Å². The lowest BCUT2D eigenvalue weighted by molar-refractivity contribution is 0.720. The largest absolute Gasteiger partial charge is 0.368 e. The lowest BCUT2D eigenvalue weighted by atomic mass is 10.3. The highest BCUT2D eigenvalue weighted by molar-refractivity contribution is 6.99. The first-order valence-electron chi connectivity index (χ1n) is 4.24. The van der Waals surface area contributed by atoms with Gasteiger partial charge in [-0.25, -0.2) is 4.68 Å². The van der Waals surface area contributed by atoms with Crippen molar-refractivity contribution in [1.82, 2.24) is 23.7 Å². The Hall–Kier alpha value is -1.50. The van der Waals surface area contributed by atoms with Gasteiger partial charge in [0, 0.05) is 13.6 Å². The molecule has 0 aliphatic heterocycles. The number of anilines is 1. The quantitative estimate of drug-likeness (QED) is 0.810. The van der Waals surface area contributed by atoms with Gasteiger partial charge in [0.25, 0.3) is 0 Å². The van der Waals surface area contributed by atoms with Crippen LogP contribution in [0.1, 0.15) is 6.92 Å². The van der Waals surface area contributed by atoms with Crippen molar-refractivity contribution in [3.05, 3.63) is 6.20 Å². The maximum Gasteiger partial charge on any atom is 0.169 e. The maximum atomic E-state index is 4.21. The van der Waals surface area contributed by atoms with E-state index in [-0.39, 0.29) is 0 Å². The van der Waals surface area contributed by atoms with Crippen LogP contribution < -0.4 is 5.32 Å². The molecule has 0 atom stereocenters. The number of rotatable bonds is 3. The Kier molecular flexibility index (Phi) is 2.40. The molecule has 0 saturated heterocycles. The van der Waals surface area contributed by atoms with E-state index >= 15 is 0 Å². The molecule has 0 fully saturated rings. The van der Waals surface area contributed by atoms with Crippen LogP contribution in [0, 0.1) is 0 Å². The highest BCUT2D eigenvalue weighted by Crippen LogP contribution is 2.23. The molecule has 74 valence electrons. The zero-order chi connectivity index (χ0) is 9.97. The molecule has 14 heavy (non-hydrogen) atoms. The molecule has 0 saturated carbocycles. The van der Waals surface area contributed by atoms with E-state index in [1.165, 1.54) is 11.7 Å². The van der Waals surface area contributed by atoms with Crippen molar-refractivity contribution >= 4 is 17.5 Å². The van der Waals surface area contributed by atoms with Gasteiger partial charge in [-0.3, -0.25) is 0 Å². The molecule has 2 aromatic heterocycles. The highest BCUT2D eigenvalue weighted by Gasteiger charge is 2.13. The van der Waals surface area contributed by atoms with Gasteiger partial charge < -0.3 is 5.32 Å². The fourth-order valence-corrected chi connectivity index (χ4v) is 1.68. The number of nitrogens with one attached hydrogen (secondary N) is 1. The van der Waals surface area contributed by atoms with Crippen molar-refractivity contribution in [3.8, 4) is 11.4 Å². The minimum Gasteiger partial charge on any atom is -0.368 e. The molecule has 0 unspecified atom stereocenters. The van der Waals surface area contributed by atoms with E-state index in [0.29, 0.717) is 0 Å². The minimum atomic E-state index is 0.794. The SMILES string of the molecule is CCNc1nsnc1-c1cnnn1C. The van der Waals surface area contributed by atoms with Gasteiger partial charge in [-0.2, -0.15) is 8.75 Å². The van der Waals surface area contributed by atoms with Gasteiger partial charge >= 0.3 is 0 Å². The summed E-state index contributed by atoms with van der Waals surface area (Å²) >= 11 is 1.18. The van der Waals surface area contributed by atoms with Crippen LogP contribution in [0.4, 0.5) is 5.82 Å². The zero-order valence-electron chi connectivity index (χ0n) is 7.93. The zero-order valence-corrected chi connectivity index (χ0v) is 8.75. The molecule has 2 rings (SSSR count). The molecule has 2 heterocycles. The third-order valence-electron chi connectivity index (χ3n) is 1.79. The molecule has 7 heteroatoms. The molecule has 1 N–H and O–H groups in total. The van der Waals surface area contributed by atoms with Crippen LogP contribution >= 0.6 is 11.7 Å². The van der Waals surface area contributed by atoms with E-state index in [9.17, 15) is 0 Å². The fourth-order valence-electron chi connectivity index (χ4n) is 1.14. The molecule has 0 aliphatic carbocycles. The van der Waals surface area contributed by atoms with Gasteiger partial charge in [0.2, 0.25) is 0 Å². The smallest absolute Gasteiger partial charge is 0.169 e. The molecule has 0 spiro atoms. The van der Waals surface area contributed by atoms with Gasteiger partial charge in [0.1, 0.15) is 11.4 Å². The van der Waals surface area contributed by atoms with E-state index in [4.69, 9.17) is 0 Å². The average Bonchev–Trinajstić information content (AvgIpc) is 2.74. The normalized spacial score (nSPS) is 10.4. The molecule has 2 aromatic rings. The molecule has 0 bridgehead atoms. The monoisotopic (exact) mass is 210 g/mol. The maximum absolute atomic E-state index is 4.21. The van der Waals surface area contributed by atoms with Crippen molar-refractivity contribution < 1.29 is 0 Å². The van der Waals surface area contributed by atoms with Crippen molar-refractivity contribution in [2.45, 2.75) is 6.92 Å². The second-order valence-corrected chi connectivity index (χ2v) is 3.26. The number of aryl methyl sites for hydroxylation is 1. The van der Waals surface area contributed by atoms with Gasteiger partial charge in [-0.05, 0) is 6.92 Å². The van der Waals surface area contributed by atoms with E-state index in [1.807, 2.05) is 14.0 Å². The lowest BCUT2D eigenvalue weighted by Crippen LogP contribution is -2.00. The van der Waals surface area contributed by atoms with Crippen molar-refractivity contribution in [2.75, 3.05) is 11.9 Å². The Bertz CT molecular complexity index is 419. The highest BCUT2D eigenvalue weighted by atomic mass is 32.1. The Morgan fingerprint density at radius 2 is 2.36 bits per heavy atom. The summed E-state index contributed by atoms with van der Waals surface area (Å²) in [7, 11) is 1.83. The van der Waals surface area contributed by atoms with Crippen LogP contribution in [-0.4, -0.2) is 30.3 Å². The standard InChI is InChI=1S/C7H10N6S/c1-3-8-7-6(10-14-11-7)5-4-9-12-13(5)2/h4H,3H2,1-2H3,(H,8,11). The second kappa shape index (κ2) is 3.70. The first-order chi connectivity index (χ1) is 6.83. The summed E-state index contributed by atoms with van der Waals surface area (Å²) in [6, 6.07) is 0. The molecule has 6 nitrogen and oxygen atoms in total. The number of hydrogen-bond acceptors (Lipinski definition) is 6. The Morgan fingerprint density at radius 3 is 3.00 bits per heavy atom. The lowest BCUT2D eigenvalue weighted by Gasteiger charge is -2.00. The molecule has 0 radical (unpaired) electrons. The second-order valence-electron chi connectivity index (χ2n) is 2.73. The molecule has 0 aliphatic rings. The van der Waals surface area contributed by atoms with Gasteiger partial charge in [0.05, 0.1) is 17.9 Å². The first kappa shape index (κ1) is 9.07. The van der Waals surface area contributed by atoms with Gasteiger partial charge in [-0.1, -0.05) is 5.21 Å². The predicted octanol–water partition coefficient (Wildman–Crippen LogP) is 0.765. The Balaban J connectivity index is 2.41. The van der Waals surface area contributed by atoms with Crippen LogP contribution in [0.15, 0.2) is 6.20 Å². The van der Waals surface area contributed by atoms with Crippen molar-refractivity contribution in [3.63, 3.8) is 0 Å². The Labute approximate surface area is 85.3 Å². The number of aromatic nitrogens is 5. The fraction of sp³-hybridized carbons (Fsp3) is 0.429. The predicted molar refractivity (Wildman–Crippen MR) is 54.1 cm³/mol. The van der Waals surface area contributed by atoms with E-state index < -0.39 is 0 Å². The van der Waals surface area contributed by atoms with Crippen molar-refractivity contribution in [1.29, 1.82) is 0 Å². The molecule has 0 aromatic carbocycles. The van der Waals surface area contributed by atoms with Crippen LogP contribution in [-0.2, 0) is 7.05 Å². The van der Waals surface area contributed by atoms with Crippen LogP contribution in [0.5, 0.6) is 0 Å². The van der Waals surface area contributed by atoms with E-state index in [2.05, 4.69) is 24.4 Å². The van der Waals surface area contributed by atoms with Crippen LogP contribution in [0.2, 0.25) is 0 Å². The molecule has 0 amide bonds. The summed E-state index contributed by atoms with van der Waals surface area (Å²) in [6.45, 7) is 2.84. The first-order valence-corrected chi connectivity index (χ1v) is 4.97. The van der Waals surface area contributed by atoms with Crippen LogP contribution in [0.3, 0.4) is 0 Å². The summed E-state index contributed by atoms with van der Waals surface area (Å²) in [4.78, 5) is 0. The topological polar surface area (TPSA) is 68.5 Å². The Morgan fingerprint density at radius 1 is 1.50 bits per heavy atom. The number of nitrogens with zero attached hydrogens (tertiary/aromatic N) is 5. The van der Waals surface area contributed by atoms with Crippen LogP contribution in [0.25, 0.3) is 11.4 Å². The summed E-state index contributed by atoms with van der Waals surface area (Å²) in [6.07, 6.45) is 1.68. The van der Waals surface area contributed by atoms with Crippen molar-refractivity contribution in [2.24, 2.45) is 7.05 Å². The minimum absolute atomic E-state index is 0.794. The summed E-state index contributed by atoms with van der Waals surface area (Å²) in [5.74, 6) is 0.794. The summed E-state index contributed by atoms with van der Waals surface area (Å²) in [5, 5.41) is 10.8. The molecular weight excluding hydrogens is 200 g/mol. The summed E-state index contributed by atoms with van der Waals surface area (Å²) < 4.78 is 10.0. The number of hydrogen-bond donors (Lipinski definition) is 1. The van der Waals surface area contributed by atoms with Gasteiger partial charge in [0.15, 0.2) is 5.82 Å². The van der Waals surface area contributed by atoms with E-state index in [0.717, 1.165) is 23.8 Å². The third kappa shape index (κ3) is 1.46. The molecular formula is C7H10N6S. The third-order valence-corrected chi connectivity index (χ3v) is 2.32. The average molecular weight is 210 g/mol.